The van der Waals surface area contributed by atoms with Crippen LogP contribution >= 0.6 is 15.9 Å². The molecular weight excluding hydrogens is 264 g/mol. The number of hydrogen-bond acceptors (Lipinski definition) is 1. The molecule has 0 spiro atoms. The number of alkyl halides is 1. The molecule has 1 aromatic heterocycles. The number of halogens is 1. The highest BCUT2D eigenvalue weighted by Gasteiger charge is 2.14. The Morgan fingerprint density at radius 3 is 2.62 bits per heavy atom. The van der Waals surface area contributed by atoms with E-state index in [2.05, 4.69) is 64.6 Å². The fraction of sp³-hybridized carbons (Fsp3) is 0.462. The van der Waals surface area contributed by atoms with Gasteiger partial charge in [0.15, 0.2) is 0 Å². The largest absolute Gasteiger partial charge is 0.331 e. The molecule has 0 N–H and O–H groups in total. The van der Waals surface area contributed by atoms with Gasteiger partial charge in [0.05, 0.1) is 11.0 Å². The van der Waals surface area contributed by atoms with Crippen LogP contribution < -0.4 is 0 Å². The van der Waals surface area contributed by atoms with Gasteiger partial charge < -0.3 is 4.57 Å². The summed E-state index contributed by atoms with van der Waals surface area (Å²) in [5, 5.41) is 0. The zero-order valence-corrected chi connectivity index (χ0v) is 11.5. The van der Waals surface area contributed by atoms with Crippen molar-refractivity contribution in [2.75, 3.05) is 0 Å². The van der Waals surface area contributed by atoms with Crippen LogP contribution in [-0.2, 0) is 13.5 Å². The number of rotatable bonds is 3. The summed E-state index contributed by atoms with van der Waals surface area (Å²) in [6, 6.07) is 8.29. The van der Waals surface area contributed by atoms with Gasteiger partial charge in [-0.1, -0.05) is 41.9 Å². The van der Waals surface area contributed by atoms with Crippen molar-refractivity contribution in [3.8, 4) is 0 Å². The van der Waals surface area contributed by atoms with Crippen molar-refractivity contribution >= 4 is 27.0 Å². The van der Waals surface area contributed by atoms with Crippen LogP contribution in [0, 0.1) is 5.92 Å². The summed E-state index contributed by atoms with van der Waals surface area (Å²) in [5.74, 6) is 1.76. The van der Waals surface area contributed by atoms with Crippen LogP contribution in [0.5, 0.6) is 0 Å². The predicted octanol–water partition coefficient (Wildman–Crippen LogP) is 3.54. The molecule has 0 fully saturated rings. The lowest BCUT2D eigenvalue weighted by molar-refractivity contribution is 0.553. The number of para-hydroxylation sites is 2. The van der Waals surface area contributed by atoms with Gasteiger partial charge in [0.25, 0.3) is 0 Å². The van der Waals surface area contributed by atoms with E-state index in [0.29, 0.717) is 10.7 Å². The maximum Gasteiger partial charge on any atom is 0.109 e. The second-order valence-corrected chi connectivity index (χ2v) is 5.88. The molecule has 0 amide bonds. The van der Waals surface area contributed by atoms with E-state index >= 15 is 0 Å². The van der Waals surface area contributed by atoms with Gasteiger partial charge in [-0.25, -0.2) is 4.98 Å². The Hall–Kier alpha value is -0.830. The van der Waals surface area contributed by atoms with E-state index in [9.17, 15) is 0 Å². The van der Waals surface area contributed by atoms with Crippen LogP contribution in [0.3, 0.4) is 0 Å². The Morgan fingerprint density at radius 2 is 2.00 bits per heavy atom. The van der Waals surface area contributed by atoms with Crippen LogP contribution in [-0.4, -0.2) is 14.4 Å². The number of hydrogen-bond donors (Lipinski definition) is 0. The second kappa shape index (κ2) is 4.58. The summed E-state index contributed by atoms with van der Waals surface area (Å²) in [7, 11) is 2.09. The molecule has 0 bridgehead atoms. The smallest absolute Gasteiger partial charge is 0.109 e. The first-order valence-corrected chi connectivity index (χ1v) is 6.55. The Morgan fingerprint density at radius 1 is 1.31 bits per heavy atom. The third kappa shape index (κ3) is 2.14. The van der Waals surface area contributed by atoms with Crippen LogP contribution in [0.1, 0.15) is 19.7 Å². The molecule has 1 heterocycles. The van der Waals surface area contributed by atoms with Gasteiger partial charge in [-0.3, -0.25) is 0 Å². The van der Waals surface area contributed by atoms with Crippen molar-refractivity contribution in [3.63, 3.8) is 0 Å². The molecule has 16 heavy (non-hydrogen) atoms. The maximum absolute atomic E-state index is 4.68. The molecule has 2 rings (SSSR count). The topological polar surface area (TPSA) is 17.8 Å². The van der Waals surface area contributed by atoms with Crippen molar-refractivity contribution in [2.45, 2.75) is 25.1 Å². The quantitative estimate of drug-likeness (QED) is 0.787. The lowest BCUT2D eigenvalue weighted by Gasteiger charge is -2.13. The number of aryl methyl sites for hydroxylation is 1. The molecule has 2 unspecified atom stereocenters. The molecule has 0 aliphatic carbocycles. The van der Waals surface area contributed by atoms with E-state index in [4.69, 9.17) is 0 Å². The van der Waals surface area contributed by atoms with Crippen LogP contribution in [0.2, 0.25) is 0 Å². The molecule has 2 nitrogen and oxygen atoms in total. The fourth-order valence-electron chi connectivity index (χ4n) is 1.83. The molecule has 0 radical (unpaired) electrons. The van der Waals surface area contributed by atoms with Crippen molar-refractivity contribution in [2.24, 2.45) is 13.0 Å². The SMILES string of the molecule is CC(Br)C(C)Cc1nc2ccccc2n1C. The Balaban J connectivity index is 2.35. The Bertz CT molecular complexity index is 488. The minimum absolute atomic E-state index is 0.521. The molecule has 0 saturated heterocycles. The molecule has 1 aromatic carbocycles. The van der Waals surface area contributed by atoms with E-state index in [1.54, 1.807) is 0 Å². The normalized spacial score (nSPS) is 15.2. The van der Waals surface area contributed by atoms with Crippen molar-refractivity contribution in [1.82, 2.24) is 9.55 Å². The molecule has 2 atom stereocenters. The molecule has 0 aliphatic heterocycles. The summed E-state index contributed by atoms with van der Waals surface area (Å²) < 4.78 is 2.20. The number of imidazole rings is 1. The fourth-order valence-corrected chi connectivity index (χ4v) is 2.02. The summed E-state index contributed by atoms with van der Waals surface area (Å²) in [6.45, 7) is 4.44. The maximum atomic E-state index is 4.68. The van der Waals surface area contributed by atoms with Crippen molar-refractivity contribution in [3.05, 3.63) is 30.1 Å². The van der Waals surface area contributed by atoms with Gasteiger partial charge in [-0.2, -0.15) is 0 Å². The zero-order valence-electron chi connectivity index (χ0n) is 9.94. The molecule has 0 aliphatic rings. The second-order valence-electron chi connectivity index (χ2n) is 4.43. The van der Waals surface area contributed by atoms with Crippen molar-refractivity contribution < 1.29 is 0 Å². The summed E-state index contributed by atoms with van der Waals surface area (Å²) in [6.07, 6.45) is 1.01. The highest BCUT2D eigenvalue weighted by molar-refractivity contribution is 9.09. The van der Waals surface area contributed by atoms with Gasteiger partial charge in [-0.05, 0) is 18.1 Å². The average molecular weight is 281 g/mol. The van der Waals surface area contributed by atoms with E-state index in [1.165, 1.54) is 11.3 Å². The summed E-state index contributed by atoms with van der Waals surface area (Å²) in [4.78, 5) is 5.20. The van der Waals surface area contributed by atoms with E-state index in [1.807, 2.05) is 6.07 Å². The third-order valence-corrected chi connectivity index (χ3v) is 4.07. The van der Waals surface area contributed by atoms with E-state index < -0.39 is 0 Å². The molecule has 3 heteroatoms. The monoisotopic (exact) mass is 280 g/mol. The summed E-state index contributed by atoms with van der Waals surface area (Å²) in [5.41, 5.74) is 2.31. The lowest BCUT2D eigenvalue weighted by Crippen LogP contribution is -2.12. The highest BCUT2D eigenvalue weighted by atomic mass is 79.9. The van der Waals surface area contributed by atoms with Gasteiger partial charge in [0.2, 0.25) is 0 Å². The predicted molar refractivity (Wildman–Crippen MR) is 72.0 cm³/mol. The third-order valence-electron chi connectivity index (χ3n) is 3.17. The minimum atomic E-state index is 0.521. The standard InChI is InChI=1S/C13H17BrN2/c1-9(10(2)14)8-13-15-11-6-4-5-7-12(11)16(13)3/h4-7,9-10H,8H2,1-3H3. The summed E-state index contributed by atoms with van der Waals surface area (Å²) >= 11 is 3.63. The first-order valence-electron chi connectivity index (χ1n) is 5.64. The molecule has 0 saturated carbocycles. The van der Waals surface area contributed by atoms with Gasteiger partial charge in [-0.15, -0.1) is 0 Å². The zero-order chi connectivity index (χ0) is 11.7. The number of benzene rings is 1. The molecule has 86 valence electrons. The lowest BCUT2D eigenvalue weighted by atomic mass is 10.1. The molecular formula is C13H17BrN2. The molecule has 2 aromatic rings. The number of aromatic nitrogens is 2. The van der Waals surface area contributed by atoms with Crippen LogP contribution in [0.4, 0.5) is 0 Å². The van der Waals surface area contributed by atoms with E-state index in [0.717, 1.165) is 11.9 Å². The Labute approximate surface area is 105 Å². The highest BCUT2D eigenvalue weighted by Crippen LogP contribution is 2.20. The van der Waals surface area contributed by atoms with Gasteiger partial charge in [0, 0.05) is 18.3 Å². The number of nitrogens with zero attached hydrogens (tertiary/aromatic N) is 2. The number of fused-ring (bicyclic) bond motifs is 1. The van der Waals surface area contributed by atoms with Crippen LogP contribution in [0.25, 0.3) is 11.0 Å². The van der Waals surface area contributed by atoms with E-state index in [-0.39, 0.29) is 0 Å². The Kier molecular flexibility index (Phi) is 3.33. The minimum Gasteiger partial charge on any atom is -0.331 e. The van der Waals surface area contributed by atoms with Gasteiger partial charge in [0.1, 0.15) is 5.82 Å². The van der Waals surface area contributed by atoms with Crippen LogP contribution in [0.15, 0.2) is 24.3 Å². The first-order chi connectivity index (χ1) is 7.59. The van der Waals surface area contributed by atoms with Crippen molar-refractivity contribution in [1.29, 1.82) is 0 Å². The first kappa shape index (κ1) is 11.6. The average Bonchev–Trinajstić information content (AvgIpc) is 2.56. The van der Waals surface area contributed by atoms with Gasteiger partial charge >= 0.3 is 0 Å².